The maximum atomic E-state index is 13.4. The number of hydrogen-bond acceptors (Lipinski definition) is 4. The van der Waals surface area contributed by atoms with Crippen LogP contribution >= 0.6 is 15.9 Å². The zero-order chi connectivity index (χ0) is 20.3. The van der Waals surface area contributed by atoms with E-state index in [1.165, 1.54) is 24.6 Å². The topological polar surface area (TPSA) is 55.8 Å². The summed E-state index contributed by atoms with van der Waals surface area (Å²) in [6.45, 7) is 0. The first-order valence-electron chi connectivity index (χ1n) is 8.45. The maximum Gasteiger partial charge on any atom is 0.265 e. The largest absolute Gasteiger partial charge is 0.493 e. The lowest BCUT2D eigenvalue weighted by molar-refractivity contribution is 0.353. The summed E-state index contributed by atoms with van der Waals surface area (Å²) < 4.78 is 39.0. The molecule has 0 unspecified atom stereocenters. The van der Waals surface area contributed by atoms with Gasteiger partial charge in [0.2, 0.25) is 0 Å². The molecule has 0 atom stereocenters. The van der Waals surface area contributed by atoms with E-state index in [0.29, 0.717) is 21.7 Å². The molecule has 0 aliphatic heterocycles. The van der Waals surface area contributed by atoms with Crippen LogP contribution in [0.3, 0.4) is 0 Å². The molecule has 7 heteroatoms. The van der Waals surface area contributed by atoms with Crippen LogP contribution < -0.4 is 13.8 Å². The van der Waals surface area contributed by atoms with Crippen molar-refractivity contribution < 1.29 is 17.9 Å². The monoisotopic (exact) mass is 461 g/mol. The lowest BCUT2D eigenvalue weighted by atomic mass is 10.0. The molecule has 0 amide bonds. The zero-order valence-corrected chi connectivity index (χ0v) is 18.1. The first kappa shape index (κ1) is 20.2. The molecule has 0 N–H and O–H groups in total. The molecule has 0 bridgehead atoms. The molecule has 0 fully saturated rings. The Labute approximate surface area is 173 Å². The zero-order valence-electron chi connectivity index (χ0n) is 15.7. The van der Waals surface area contributed by atoms with Crippen LogP contribution in [0, 0.1) is 0 Å². The van der Waals surface area contributed by atoms with Crippen molar-refractivity contribution in [3.8, 4) is 22.6 Å². The summed E-state index contributed by atoms with van der Waals surface area (Å²) in [4.78, 5) is 0.0931. The SMILES string of the molecule is COc1cc(Br)c(S(=O)(=O)N(C)c2ccccc2-c2ccccc2)cc1OC. The van der Waals surface area contributed by atoms with Crippen LogP contribution in [0.5, 0.6) is 11.5 Å². The minimum absolute atomic E-state index is 0.0931. The highest BCUT2D eigenvalue weighted by molar-refractivity contribution is 9.10. The van der Waals surface area contributed by atoms with Gasteiger partial charge in [-0.25, -0.2) is 8.42 Å². The van der Waals surface area contributed by atoms with E-state index in [1.54, 1.807) is 19.2 Å². The molecule has 0 radical (unpaired) electrons. The second-order valence-corrected chi connectivity index (χ2v) is 8.79. The standard InChI is InChI=1S/C21H20BrNO4S/c1-23(18-12-8-7-11-16(18)15-9-5-4-6-10-15)28(24,25)21-14-20(27-3)19(26-2)13-17(21)22/h4-14H,1-3H3. The highest BCUT2D eigenvalue weighted by Crippen LogP contribution is 2.39. The molecule has 0 aliphatic carbocycles. The molecule has 3 rings (SSSR count). The molecule has 3 aromatic rings. The molecule has 0 saturated carbocycles. The molecule has 5 nitrogen and oxygen atoms in total. The minimum atomic E-state index is -3.86. The van der Waals surface area contributed by atoms with Crippen LogP contribution in [0.4, 0.5) is 5.69 Å². The summed E-state index contributed by atoms with van der Waals surface area (Å²) in [7, 11) is 0.652. The van der Waals surface area contributed by atoms with Gasteiger partial charge in [0, 0.05) is 23.2 Å². The fourth-order valence-corrected chi connectivity index (χ4v) is 5.13. The Morgan fingerprint density at radius 3 is 2.07 bits per heavy atom. The van der Waals surface area contributed by atoms with Crippen molar-refractivity contribution in [2.75, 3.05) is 25.6 Å². The number of anilines is 1. The highest BCUT2D eigenvalue weighted by atomic mass is 79.9. The van der Waals surface area contributed by atoms with Gasteiger partial charge in [0.05, 0.1) is 19.9 Å². The number of halogens is 1. The average Bonchev–Trinajstić information content (AvgIpc) is 2.73. The predicted molar refractivity (Wildman–Crippen MR) is 115 cm³/mol. The van der Waals surface area contributed by atoms with Gasteiger partial charge in [-0.3, -0.25) is 4.31 Å². The molecule has 0 aromatic heterocycles. The molecule has 3 aromatic carbocycles. The van der Waals surface area contributed by atoms with Gasteiger partial charge >= 0.3 is 0 Å². The van der Waals surface area contributed by atoms with E-state index in [2.05, 4.69) is 15.9 Å². The summed E-state index contributed by atoms with van der Waals surface area (Å²) in [5.74, 6) is 0.787. The number of rotatable bonds is 6. The molecule has 0 saturated heterocycles. The highest BCUT2D eigenvalue weighted by Gasteiger charge is 2.27. The van der Waals surface area contributed by atoms with Crippen LogP contribution in [0.2, 0.25) is 0 Å². The van der Waals surface area contributed by atoms with E-state index in [9.17, 15) is 8.42 Å². The number of ether oxygens (including phenoxy) is 2. The van der Waals surface area contributed by atoms with E-state index in [-0.39, 0.29) is 4.90 Å². The van der Waals surface area contributed by atoms with Crippen molar-refractivity contribution in [2.45, 2.75) is 4.90 Å². The number of hydrogen-bond donors (Lipinski definition) is 0. The van der Waals surface area contributed by atoms with Crippen LogP contribution in [-0.4, -0.2) is 29.7 Å². The second-order valence-electron chi connectivity index (χ2n) is 5.99. The number of sulfonamides is 1. The third-order valence-electron chi connectivity index (χ3n) is 4.40. The van der Waals surface area contributed by atoms with Crippen molar-refractivity contribution in [2.24, 2.45) is 0 Å². The third kappa shape index (κ3) is 3.72. The lowest BCUT2D eigenvalue weighted by Gasteiger charge is -2.23. The summed E-state index contributed by atoms with van der Waals surface area (Å²) in [6.07, 6.45) is 0. The first-order chi connectivity index (χ1) is 13.4. The molecule has 28 heavy (non-hydrogen) atoms. The maximum absolute atomic E-state index is 13.4. The van der Waals surface area contributed by atoms with Crippen molar-refractivity contribution in [1.82, 2.24) is 0 Å². The number of methoxy groups -OCH3 is 2. The van der Waals surface area contributed by atoms with Crippen molar-refractivity contribution in [1.29, 1.82) is 0 Å². The fourth-order valence-electron chi connectivity index (χ4n) is 2.92. The quantitative estimate of drug-likeness (QED) is 0.520. The summed E-state index contributed by atoms with van der Waals surface area (Å²) in [5.41, 5.74) is 2.34. The Kier molecular flexibility index (Phi) is 5.96. The Balaban J connectivity index is 2.13. The van der Waals surface area contributed by atoms with Crippen molar-refractivity contribution in [3.05, 3.63) is 71.2 Å². The normalized spacial score (nSPS) is 11.1. The molecule has 146 valence electrons. The van der Waals surface area contributed by atoms with E-state index in [4.69, 9.17) is 9.47 Å². The van der Waals surface area contributed by atoms with Crippen LogP contribution in [0.25, 0.3) is 11.1 Å². The Morgan fingerprint density at radius 1 is 0.857 bits per heavy atom. The number of benzene rings is 3. The van der Waals surface area contributed by atoms with E-state index < -0.39 is 10.0 Å². The Morgan fingerprint density at radius 2 is 1.43 bits per heavy atom. The summed E-state index contributed by atoms with van der Waals surface area (Å²) in [5, 5.41) is 0. The lowest BCUT2D eigenvalue weighted by Crippen LogP contribution is -2.27. The van der Waals surface area contributed by atoms with Gasteiger partial charge in [-0.2, -0.15) is 0 Å². The van der Waals surface area contributed by atoms with E-state index in [0.717, 1.165) is 11.1 Å². The molecule has 0 heterocycles. The van der Waals surface area contributed by atoms with Gasteiger partial charge in [-0.15, -0.1) is 0 Å². The second kappa shape index (κ2) is 8.24. The van der Waals surface area contributed by atoms with Gasteiger partial charge < -0.3 is 9.47 Å². The molecule has 0 aliphatic rings. The van der Waals surface area contributed by atoms with Crippen LogP contribution in [0.15, 0.2) is 76.1 Å². The Bertz CT molecular complexity index is 1080. The molecular weight excluding hydrogens is 442 g/mol. The van der Waals surface area contributed by atoms with Crippen molar-refractivity contribution in [3.63, 3.8) is 0 Å². The Hall–Kier alpha value is -2.51. The number of nitrogens with zero attached hydrogens (tertiary/aromatic N) is 1. The first-order valence-corrected chi connectivity index (χ1v) is 10.7. The van der Waals surface area contributed by atoms with Gasteiger partial charge in [-0.05, 0) is 33.6 Å². The fraction of sp³-hybridized carbons (Fsp3) is 0.143. The third-order valence-corrected chi connectivity index (χ3v) is 7.13. The smallest absolute Gasteiger partial charge is 0.265 e. The summed E-state index contributed by atoms with van der Waals surface area (Å²) >= 11 is 3.35. The van der Waals surface area contributed by atoms with Crippen LogP contribution in [-0.2, 0) is 10.0 Å². The van der Waals surface area contributed by atoms with E-state index in [1.807, 2.05) is 48.5 Å². The van der Waals surface area contributed by atoms with E-state index >= 15 is 0 Å². The van der Waals surface area contributed by atoms with Crippen molar-refractivity contribution >= 4 is 31.6 Å². The molecular formula is C21H20BrNO4S. The average molecular weight is 462 g/mol. The summed E-state index contributed by atoms with van der Waals surface area (Å²) in [6, 6.07) is 20.1. The van der Waals surface area contributed by atoms with Gasteiger partial charge in [0.1, 0.15) is 4.90 Å². The minimum Gasteiger partial charge on any atom is -0.493 e. The van der Waals surface area contributed by atoms with Gasteiger partial charge in [-0.1, -0.05) is 48.5 Å². The van der Waals surface area contributed by atoms with Gasteiger partial charge in [0.15, 0.2) is 11.5 Å². The predicted octanol–water partition coefficient (Wildman–Crippen LogP) is 4.96. The van der Waals surface area contributed by atoms with Crippen LogP contribution in [0.1, 0.15) is 0 Å². The molecule has 0 spiro atoms. The van der Waals surface area contributed by atoms with Gasteiger partial charge in [0.25, 0.3) is 10.0 Å². The number of para-hydroxylation sites is 1.